The number of carbonyl (C=O) groups excluding carboxylic acids is 3. The van der Waals surface area contributed by atoms with Crippen molar-refractivity contribution in [3.8, 4) is 0 Å². The van der Waals surface area contributed by atoms with E-state index in [1.54, 1.807) is 15.9 Å². The summed E-state index contributed by atoms with van der Waals surface area (Å²) in [5.74, 6) is 0.0428. The predicted octanol–water partition coefficient (Wildman–Crippen LogP) is 3.54. The fourth-order valence-corrected chi connectivity index (χ4v) is 5.69. The van der Waals surface area contributed by atoms with E-state index < -0.39 is 5.66 Å². The first-order chi connectivity index (χ1) is 15.9. The summed E-state index contributed by atoms with van der Waals surface area (Å²) >= 11 is 0. The molecule has 4 rings (SSSR count). The van der Waals surface area contributed by atoms with Crippen molar-refractivity contribution in [1.82, 2.24) is 15.1 Å². The molecule has 1 aromatic rings. The molecule has 2 fully saturated rings. The summed E-state index contributed by atoms with van der Waals surface area (Å²) in [6.45, 7) is 7.77. The normalized spacial score (nSPS) is 25.2. The van der Waals surface area contributed by atoms with Crippen molar-refractivity contribution in [2.75, 3.05) is 31.1 Å². The number of para-hydroxylation sites is 1. The van der Waals surface area contributed by atoms with Gasteiger partial charge in [0.15, 0.2) is 0 Å². The molecule has 0 aromatic heterocycles. The Morgan fingerprint density at radius 3 is 2.76 bits per heavy atom. The maximum atomic E-state index is 13.2. The number of carbonyl (C=O) groups is 3. The molecule has 0 radical (unpaired) electrons. The van der Waals surface area contributed by atoms with Crippen LogP contribution < -0.4 is 10.2 Å². The van der Waals surface area contributed by atoms with Gasteiger partial charge in [0.25, 0.3) is 5.91 Å². The molecule has 180 valence electrons. The maximum absolute atomic E-state index is 13.2. The zero-order chi connectivity index (χ0) is 23.4. The number of fused-ring (bicyclic) bond motifs is 3. The van der Waals surface area contributed by atoms with Crippen LogP contribution in [0.3, 0.4) is 0 Å². The lowest BCUT2D eigenvalue weighted by Gasteiger charge is -2.48. The molecule has 3 aliphatic heterocycles. The van der Waals surface area contributed by atoms with E-state index in [4.69, 9.17) is 0 Å². The molecular weight excluding hydrogens is 416 g/mol. The van der Waals surface area contributed by atoms with Crippen LogP contribution in [0.15, 0.2) is 24.3 Å². The van der Waals surface area contributed by atoms with Gasteiger partial charge in [0, 0.05) is 32.0 Å². The largest absolute Gasteiger partial charge is 0.356 e. The fraction of sp³-hybridized carbons (Fsp3) is 0.654. The van der Waals surface area contributed by atoms with Gasteiger partial charge in [0.1, 0.15) is 5.66 Å². The van der Waals surface area contributed by atoms with E-state index in [0.717, 1.165) is 19.4 Å². The molecule has 33 heavy (non-hydrogen) atoms. The molecular formula is C26H38N4O3. The molecule has 0 aliphatic carbocycles. The van der Waals surface area contributed by atoms with Crippen LogP contribution in [0.4, 0.5) is 5.69 Å². The van der Waals surface area contributed by atoms with E-state index in [1.807, 2.05) is 25.1 Å². The van der Waals surface area contributed by atoms with Gasteiger partial charge in [-0.2, -0.15) is 0 Å². The molecule has 3 amide bonds. The first kappa shape index (κ1) is 23.7. The topological polar surface area (TPSA) is 73.0 Å². The SMILES string of the molecule is CC1CCCCN1CCCCNC(=O)CCCN1C(=O)c2ccccc2N2C(=O)CCC12C. The van der Waals surface area contributed by atoms with E-state index in [-0.39, 0.29) is 17.7 Å². The lowest BCUT2D eigenvalue weighted by Crippen LogP contribution is -2.62. The van der Waals surface area contributed by atoms with Gasteiger partial charge >= 0.3 is 0 Å². The van der Waals surface area contributed by atoms with Crippen molar-refractivity contribution >= 4 is 23.4 Å². The Morgan fingerprint density at radius 1 is 1.12 bits per heavy atom. The summed E-state index contributed by atoms with van der Waals surface area (Å²) in [6, 6.07) is 8.02. The van der Waals surface area contributed by atoms with Crippen LogP contribution in [0, 0.1) is 0 Å². The van der Waals surface area contributed by atoms with Gasteiger partial charge in [-0.3, -0.25) is 19.3 Å². The monoisotopic (exact) mass is 454 g/mol. The van der Waals surface area contributed by atoms with Gasteiger partial charge in [-0.1, -0.05) is 18.6 Å². The molecule has 1 aromatic carbocycles. The Balaban J connectivity index is 1.22. The highest BCUT2D eigenvalue weighted by Gasteiger charge is 2.52. The molecule has 0 bridgehead atoms. The van der Waals surface area contributed by atoms with E-state index in [1.165, 1.54) is 25.8 Å². The minimum absolute atomic E-state index is 0.0377. The third-order valence-electron chi connectivity index (χ3n) is 7.67. The number of hydrogen-bond acceptors (Lipinski definition) is 4. The van der Waals surface area contributed by atoms with Crippen LogP contribution >= 0.6 is 0 Å². The molecule has 3 heterocycles. The van der Waals surface area contributed by atoms with E-state index >= 15 is 0 Å². The average Bonchev–Trinajstić information content (AvgIpc) is 3.12. The Labute approximate surface area is 197 Å². The quantitative estimate of drug-likeness (QED) is 0.580. The standard InChI is InChI=1S/C26H38N4O3/c1-20-10-5-7-17-28(20)18-8-6-16-27-23(31)13-9-19-29-25(33)21-11-3-4-12-22(21)30-24(32)14-15-26(29,30)2/h3-4,11-12,20H,5-10,13-19H2,1-2H3,(H,27,31). The Morgan fingerprint density at radius 2 is 1.94 bits per heavy atom. The minimum Gasteiger partial charge on any atom is -0.356 e. The number of hydrogen-bond donors (Lipinski definition) is 1. The van der Waals surface area contributed by atoms with Crippen molar-refractivity contribution in [3.63, 3.8) is 0 Å². The summed E-state index contributed by atoms with van der Waals surface area (Å²) < 4.78 is 0. The summed E-state index contributed by atoms with van der Waals surface area (Å²) in [6.07, 6.45) is 8.07. The first-order valence-electron chi connectivity index (χ1n) is 12.7. The number of piperidine rings is 1. The highest BCUT2D eigenvalue weighted by atomic mass is 16.2. The van der Waals surface area contributed by atoms with E-state index in [2.05, 4.69) is 17.1 Å². The third-order valence-corrected chi connectivity index (χ3v) is 7.67. The number of amides is 3. The van der Waals surface area contributed by atoms with Crippen molar-refractivity contribution in [1.29, 1.82) is 0 Å². The van der Waals surface area contributed by atoms with E-state index in [9.17, 15) is 14.4 Å². The number of anilines is 1. The lowest BCUT2D eigenvalue weighted by molar-refractivity contribution is -0.121. The number of unbranched alkanes of at least 4 members (excludes halogenated alkanes) is 1. The van der Waals surface area contributed by atoms with Crippen LogP contribution in [0.25, 0.3) is 0 Å². The van der Waals surface area contributed by atoms with Crippen LogP contribution in [0.2, 0.25) is 0 Å². The van der Waals surface area contributed by atoms with Gasteiger partial charge in [0.2, 0.25) is 11.8 Å². The molecule has 0 saturated carbocycles. The molecule has 7 heteroatoms. The predicted molar refractivity (Wildman–Crippen MR) is 129 cm³/mol. The van der Waals surface area contributed by atoms with Gasteiger partial charge in [-0.15, -0.1) is 0 Å². The van der Waals surface area contributed by atoms with E-state index in [0.29, 0.717) is 56.1 Å². The first-order valence-corrected chi connectivity index (χ1v) is 12.7. The Kier molecular flexibility index (Phi) is 7.37. The van der Waals surface area contributed by atoms with Crippen LogP contribution in [0.1, 0.15) is 82.0 Å². The van der Waals surface area contributed by atoms with Gasteiger partial charge in [0.05, 0.1) is 11.3 Å². The third kappa shape index (κ3) is 4.93. The summed E-state index contributed by atoms with van der Waals surface area (Å²) in [4.78, 5) is 44.4. The number of rotatable bonds is 9. The van der Waals surface area contributed by atoms with Crippen molar-refractivity contribution in [2.24, 2.45) is 0 Å². The number of likely N-dealkylation sites (tertiary alicyclic amines) is 1. The second-order valence-electron chi connectivity index (χ2n) is 9.96. The number of benzene rings is 1. The average molecular weight is 455 g/mol. The maximum Gasteiger partial charge on any atom is 0.257 e. The molecule has 0 spiro atoms. The number of nitrogens with zero attached hydrogens (tertiary/aromatic N) is 3. The van der Waals surface area contributed by atoms with Crippen LogP contribution in [-0.4, -0.2) is 65.4 Å². The Bertz CT molecular complexity index is 888. The molecule has 1 N–H and O–H groups in total. The van der Waals surface area contributed by atoms with Crippen LogP contribution in [0.5, 0.6) is 0 Å². The summed E-state index contributed by atoms with van der Waals surface area (Å²) in [7, 11) is 0. The molecule has 2 atom stereocenters. The van der Waals surface area contributed by atoms with Gasteiger partial charge in [-0.05, 0) is 77.6 Å². The smallest absolute Gasteiger partial charge is 0.257 e. The molecule has 7 nitrogen and oxygen atoms in total. The van der Waals surface area contributed by atoms with Crippen LogP contribution in [-0.2, 0) is 9.59 Å². The second-order valence-corrected chi connectivity index (χ2v) is 9.96. The zero-order valence-corrected chi connectivity index (χ0v) is 20.1. The lowest BCUT2D eigenvalue weighted by atomic mass is 9.98. The number of nitrogens with one attached hydrogen (secondary N) is 1. The van der Waals surface area contributed by atoms with Crippen molar-refractivity contribution in [3.05, 3.63) is 29.8 Å². The zero-order valence-electron chi connectivity index (χ0n) is 20.1. The summed E-state index contributed by atoms with van der Waals surface area (Å²) in [5.41, 5.74) is 0.628. The van der Waals surface area contributed by atoms with Crippen molar-refractivity contribution in [2.45, 2.75) is 83.3 Å². The highest BCUT2D eigenvalue weighted by molar-refractivity contribution is 6.10. The molecule has 3 aliphatic rings. The second kappa shape index (κ2) is 10.2. The molecule has 2 saturated heterocycles. The highest BCUT2D eigenvalue weighted by Crippen LogP contribution is 2.44. The minimum atomic E-state index is -0.648. The summed E-state index contributed by atoms with van der Waals surface area (Å²) in [5, 5.41) is 3.03. The van der Waals surface area contributed by atoms with Gasteiger partial charge < -0.3 is 15.1 Å². The fourth-order valence-electron chi connectivity index (χ4n) is 5.69. The van der Waals surface area contributed by atoms with Gasteiger partial charge in [-0.25, -0.2) is 0 Å². The molecule has 2 unspecified atom stereocenters. The van der Waals surface area contributed by atoms with Crippen molar-refractivity contribution < 1.29 is 14.4 Å². The Hall–Kier alpha value is -2.41.